The van der Waals surface area contributed by atoms with Gasteiger partial charge in [0.1, 0.15) is 10.9 Å². The van der Waals surface area contributed by atoms with Crippen molar-refractivity contribution in [2.24, 2.45) is 7.05 Å². The number of thiophene rings is 1. The molecule has 0 saturated heterocycles. The van der Waals surface area contributed by atoms with Crippen LogP contribution in [0.15, 0.2) is 12.4 Å². The lowest BCUT2D eigenvalue weighted by atomic mass is 9.92. The molecule has 37 heavy (non-hydrogen) atoms. The van der Waals surface area contributed by atoms with Crippen LogP contribution in [0.4, 0.5) is 11.6 Å². The highest BCUT2D eigenvalue weighted by atomic mass is 32.1. The monoisotopic (exact) mass is 526 g/mol. The molecule has 9 nitrogen and oxygen atoms in total. The predicted molar refractivity (Wildman–Crippen MR) is 146 cm³/mol. The molecule has 3 aromatic rings. The minimum atomic E-state index is -0.146. The van der Waals surface area contributed by atoms with E-state index in [4.69, 9.17) is 19.4 Å². The van der Waals surface area contributed by atoms with Crippen molar-refractivity contribution < 1.29 is 14.3 Å². The summed E-state index contributed by atoms with van der Waals surface area (Å²) in [6.07, 6.45) is 11.5. The number of hydrogen-bond acceptors (Lipinski definition) is 9. The number of anilines is 2. The third-order valence-electron chi connectivity index (χ3n) is 7.56. The molecule has 0 unspecified atom stereocenters. The molecule has 0 aromatic carbocycles. The van der Waals surface area contributed by atoms with Crippen molar-refractivity contribution in [3.8, 4) is 5.88 Å². The molecular formula is C27H38N6O3S. The van der Waals surface area contributed by atoms with Crippen LogP contribution in [0.1, 0.15) is 75.2 Å². The summed E-state index contributed by atoms with van der Waals surface area (Å²) < 4.78 is 13.7. The number of esters is 1. The summed E-state index contributed by atoms with van der Waals surface area (Å²) in [6.45, 7) is 5.62. The van der Waals surface area contributed by atoms with E-state index in [1.807, 2.05) is 20.2 Å². The summed E-state index contributed by atoms with van der Waals surface area (Å²) >= 11 is 1.70. The van der Waals surface area contributed by atoms with Gasteiger partial charge in [-0.2, -0.15) is 10.1 Å². The zero-order valence-electron chi connectivity index (χ0n) is 22.3. The maximum atomic E-state index is 12.4. The molecule has 0 bridgehead atoms. The second kappa shape index (κ2) is 11.3. The van der Waals surface area contributed by atoms with Crippen molar-refractivity contribution in [3.05, 3.63) is 22.8 Å². The Labute approximate surface area is 222 Å². The summed E-state index contributed by atoms with van der Waals surface area (Å²) in [7, 11) is 4.11. The molecule has 0 spiro atoms. The molecule has 3 aromatic heterocycles. The fourth-order valence-corrected chi connectivity index (χ4v) is 7.04. The van der Waals surface area contributed by atoms with Crippen molar-refractivity contribution in [1.82, 2.24) is 24.6 Å². The summed E-state index contributed by atoms with van der Waals surface area (Å²) in [4.78, 5) is 26.8. The molecule has 0 aliphatic heterocycles. The zero-order chi connectivity index (χ0) is 25.9. The van der Waals surface area contributed by atoms with Crippen LogP contribution >= 0.6 is 11.3 Å². The van der Waals surface area contributed by atoms with Crippen LogP contribution in [0.25, 0.3) is 10.2 Å². The van der Waals surface area contributed by atoms with E-state index in [2.05, 4.69) is 29.3 Å². The molecule has 5 rings (SSSR count). The van der Waals surface area contributed by atoms with Crippen molar-refractivity contribution in [3.63, 3.8) is 0 Å². The number of nitrogens with zero attached hydrogens (tertiary/aromatic N) is 5. The van der Waals surface area contributed by atoms with Crippen molar-refractivity contribution in [1.29, 1.82) is 0 Å². The molecule has 2 aliphatic carbocycles. The molecular weight excluding hydrogens is 488 g/mol. The van der Waals surface area contributed by atoms with E-state index in [0.29, 0.717) is 30.9 Å². The van der Waals surface area contributed by atoms with Crippen molar-refractivity contribution in [2.75, 3.05) is 25.5 Å². The van der Waals surface area contributed by atoms with Gasteiger partial charge >= 0.3 is 5.97 Å². The number of aromatic nitrogens is 4. The van der Waals surface area contributed by atoms with Crippen molar-refractivity contribution >= 4 is 39.2 Å². The number of carbonyl (C=O) groups excluding carboxylic acids is 1. The maximum Gasteiger partial charge on any atom is 0.306 e. The van der Waals surface area contributed by atoms with Crippen LogP contribution in [0.3, 0.4) is 0 Å². The first-order valence-corrected chi connectivity index (χ1v) is 14.4. The fourth-order valence-electron chi connectivity index (χ4n) is 5.78. The largest absolute Gasteiger partial charge is 0.474 e. The van der Waals surface area contributed by atoms with Crippen molar-refractivity contribution in [2.45, 2.75) is 83.3 Å². The third-order valence-corrected chi connectivity index (χ3v) is 8.72. The molecule has 0 amide bonds. The Balaban J connectivity index is 1.44. The number of carbonyl (C=O) groups is 1. The zero-order valence-corrected chi connectivity index (χ0v) is 23.1. The Kier molecular flexibility index (Phi) is 7.95. The summed E-state index contributed by atoms with van der Waals surface area (Å²) in [6, 6.07) is 0.618. The van der Waals surface area contributed by atoms with Gasteiger partial charge in [-0.15, -0.1) is 11.3 Å². The molecule has 1 fully saturated rings. The minimum absolute atomic E-state index is 0.115. The lowest BCUT2D eigenvalue weighted by molar-refractivity contribution is -0.143. The van der Waals surface area contributed by atoms with E-state index >= 15 is 0 Å². The van der Waals surface area contributed by atoms with Crippen LogP contribution in [0, 0.1) is 0 Å². The highest BCUT2D eigenvalue weighted by Gasteiger charge is 2.33. The Morgan fingerprint density at radius 3 is 2.73 bits per heavy atom. The smallest absolute Gasteiger partial charge is 0.306 e. The predicted octanol–water partition coefficient (Wildman–Crippen LogP) is 5.18. The second-order valence-corrected chi connectivity index (χ2v) is 11.4. The Morgan fingerprint density at radius 1 is 1.22 bits per heavy atom. The maximum absolute atomic E-state index is 12.4. The molecule has 1 N–H and O–H groups in total. The average Bonchev–Trinajstić information content (AvgIpc) is 3.56. The van der Waals surface area contributed by atoms with E-state index in [1.54, 1.807) is 22.2 Å². The van der Waals surface area contributed by atoms with E-state index in [9.17, 15) is 4.79 Å². The van der Waals surface area contributed by atoms with Gasteiger partial charge in [0.25, 0.3) is 0 Å². The van der Waals surface area contributed by atoms with Gasteiger partial charge in [0.2, 0.25) is 11.8 Å². The normalized spacial score (nSPS) is 21.4. The summed E-state index contributed by atoms with van der Waals surface area (Å²) in [5.74, 6) is 1.11. The Hall–Kier alpha value is -2.72. The van der Waals surface area contributed by atoms with Gasteiger partial charge in [0, 0.05) is 24.2 Å². The van der Waals surface area contributed by atoms with E-state index in [-0.39, 0.29) is 18.0 Å². The third kappa shape index (κ3) is 5.75. The lowest BCUT2D eigenvalue weighted by Gasteiger charge is -2.34. The van der Waals surface area contributed by atoms with E-state index in [0.717, 1.165) is 61.0 Å². The summed E-state index contributed by atoms with van der Waals surface area (Å²) in [5, 5.41) is 8.52. The van der Waals surface area contributed by atoms with Gasteiger partial charge in [-0.05, 0) is 76.9 Å². The van der Waals surface area contributed by atoms with Gasteiger partial charge in [-0.1, -0.05) is 6.92 Å². The highest BCUT2D eigenvalue weighted by Crippen LogP contribution is 2.48. The molecule has 2 aliphatic rings. The van der Waals surface area contributed by atoms with Gasteiger partial charge in [-0.3, -0.25) is 9.48 Å². The first kappa shape index (κ1) is 25.9. The van der Waals surface area contributed by atoms with Crippen LogP contribution in [-0.2, 0) is 23.0 Å². The molecule has 1 atom stereocenters. The molecule has 10 heteroatoms. The van der Waals surface area contributed by atoms with Gasteiger partial charge in [-0.25, -0.2) is 4.98 Å². The molecule has 200 valence electrons. The standard InChI is InChI=1S/C27H38N6O3S/c1-5-13-32(3)19-8-10-20(11-9-19)36-25-24-23-17(14-22(34)35-6-2)7-12-21(23)37-26(24)31-27(30-25)29-18-15-28-33(4)16-18/h15-17,19-20H,5-14H2,1-4H3,(H,29,30,31)/t17-,19?,20?/m1/s1. The number of ether oxygens (including phenoxy) is 2. The SMILES string of the molecule is CCCN(C)C1CCC(Oc2nc(Nc3cnn(C)c3)nc3sc4c(c23)[C@@H](CC(=O)OCC)CC4)CC1. The quantitative estimate of drug-likeness (QED) is 0.361. The number of rotatable bonds is 10. The second-order valence-electron chi connectivity index (χ2n) is 10.3. The highest BCUT2D eigenvalue weighted by molar-refractivity contribution is 7.19. The number of aryl methyl sites for hydroxylation is 2. The average molecular weight is 527 g/mol. The van der Waals surface area contributed by atoms with Gasteiger partial charge in [0.15, 0.2) is 0 Å². The molecule has 3 heterocycles. The molecule has 1 saturated carbocycles. The lowest BCUT2D eigenvalue weighted by Crippen LogP contribution is -2.38. The topological polar surface area (TPSA) is 94.4 Å². The number of nitrogens with one attached hydrogen (secondary N) is 1. The minimum Gasteiger partial charge on any atom is -0.474 e. The molecule has 0 radical (unpaired) electrons. The van der Waals surface area contributed by atoms with Gasteiger partial charge in [0.05, 0.1) is 30.3 Å². The fraction of sp³-hybridized carbons (Fsp3) is 0.630. The Bertz CT molecular complexity index is 1230. The Morgan fingerprint density at radius 2 is 2.03 bits per heavy atom. The van der Waals surface area contributed by atoms with Crippen LogP contribution in [0.5, 0.6) is 5.88 Å². The van der Waals surface area contributed by atoms with Crippen LogP contribution in [-0.4, -0.2) is 63.0 Å². The van der Waals surface area contributed by atoms with Crippen LogP contribution in [0.2, 0.25) is 0 Å². The first-order chi connectivity index (χ1) is 17.9. The summed E-state index contributed by atoms with van der Waals surface area (Å²) in [5.41, 5.74) is 2.02. The number of fused-ring (bicyclic) bond motifs is 3. The first-order valence-electron chi connectivity index (χ1n) is 13.6. The van der Waals surface area contributed by atoms with Crippen LogP contribution < -0.4 is 10.1 Å². The van der Waals surface area contributed by atoms with Gasteiger partial charge < -0.3 is 19.7 Å². The number of hydrogen-bond donors (Lipinski definition) is 1. The van der Waals surface area contributed by atoms with E-state index in [1.165, 1.54) is 16.9 Å². The van der Waals surface area contributed by atoms with E-state index < -0.39 is 0 Å².